The van der Waals surface area contributed by atoms with E-state index in [1.54, 1.807) is 9.80 Å². The normalized spacial score (nSPS) is 17.4. The first-order valence-corrected chi connectivity index (χ1v) is 10.3. The summed E-state index contributed by atoms with van der Waals surface area (Å²) in [5.74, 6) is -0.217. The van der Waals surface area contributed by atoms with Crippen LogP contribution in [0.4, 0.5) is 5.00 Å². The number of hydrogen-bond acceptors (Lipinski definition) is 5. The van der Waals surface area contributed by atoms with Crippen LogP contribution in [0.15, 0.2) is 45.2 Å². The van der Waals surface area contributed by atoms with E-state index in [4.69, 9.17) is 4.74 Å². The lowest BCUT2D eigenvalue weighted by molar-refractivity contribution is -0.134. The number of anilines is 1. The lowest BCUT2D eigenvalue weighted by Gasteiger charge is -2.29. The second-order valence-electron chi connectivity index (χ2n) is 6.28. The Labute approximate surface area is 169 Å². The van der Waals surface area contributed by atoms with Crippen LogP contribution in [0.2, 0.25) is 0 Å². The highest BCUT2D eigenvalue weighted by Gasteiger charge is 2.29. The average Bonchev–Trinajstić information content (AvgIpc) is 3.12. The van der Waals surface area contributed by atoms with Crippen molar-refractivity contribution in [3.05, 3.63) is 51.3 Å². The van der Waals surface area contributed by atoms with Gasteiger partial charge in [-0.3, -0.25) is 19.5 Å². The van der Waals surface area contributed by atoms with Gasteiger partial charge in [0.05, 0.1) is 18.9 Å². The van der Waals surface area contributed by atoms with E-state index in [-0.39, 0.29) is 24.9 Å². The highest BCUT2D eigenvalue weighted by Crippen LogP contribution is 2.32. The van der Waals surface area contributed by atoms with Crippen molar-refractivity contribution in [1.29, 1.82) is 0 Å². The Hall–Kier alpha value is -2.03. The molecule has 0 bridgehead atoms. The fraction of sp³-hybridized carbons (Fsp3) is 0.316. The quantitative estimate of drug-likeness (QED) is 0.725. The van der Waals surface area contributed by atoms with Gasteiger partial charge in [0, 0.05) is 28.7 Å². The van der Waals surface area contributed by atoms with Crippen LogP contribution in [0.5, 0.6) is 0 Å². The summed E-state index contributed by atoms with van der Waals surface area (Å²) in [7, 11) is 0. The molecule has 1 aromatic carbocycles. The van der Waals surface area contributed by atoms with Crippen molar-refractivity contribution in [3.63, 3.8) is 0 Å². The standard InChI is InChI=1S/C19H18BrN3O3S/c20-14-3-1-13(2-4-14)18-15-5-10-27-19(15)23(16(24)11-21-18)12-17(25)22-6-8-26-9-7-22/h1-5,10H,6-9,11-12H2. The van der Waals surface area contributed by atoms with Gasteiger partial charge in [-0.2, -0.15) is 0 Å². The Morgan fingerprint density at radius 2 is 1.93 bits per heavy atom. The molecule has 0 atom stereocenters. The van der Waals surface area contributed by atoms with E-state index >= 15 is 0 Å². The zero-order valence-corrected chi connectivity index (χ0v) is 17.0. The van der Waals surface area contributed by atoms with E-state index < -0.39 is 0 Å². The maximum absolute atomic E-state index is 12.7. The number of carbonyl (C=O) groups excluding carboxylic acids is 2. The molecule has 4 rings (SSSR count). The minimum absolute atomic E-state index is 0.0309. The number of morpholine rings is 1. The van der Waals surface area contributed by atoms with Gasteiger partial charge in [0.2, 0.25) is 11.8 Å². The van der Waals surface area contributed by atoms with Crippen LogP contribution in [0.25, 0.3) is 0 Å². The van der Waals surface area contributed by atoms with Gasteiger partial charge in [0.25, 0.3) is 0 Å². The van der Waals surface area contributed by atoms with E-state index in [9.17, 15) is 9.59 Å². The molecule has 8 heteroatoms. The first-order chi connectivity index (χ1) is 13.1. The molecule has 0 saturated carbocycles. The van der Waals surface area contributed by atoms with Crippen molar-refractivity contribution in [3.8, 4) is 0 Å². The second-order valence-corrected chi connectivity index (χ2v) is 8.09. The van der Waals surface area contributed by atoms with Crippen LogP contribution >= 0.6 is 27.3 Å². The Kier molecular flexibility index (Phi) is 5.38. The third-order valence-corrected chi connectivity index (χ3v) is 6.06. The number of carbonyl (C=O) groups is 2. The van der Waals surface area contributed by atoms with Gasteiger partial charge in [0.1, 0.15) is 18.1 Å². The predicted octanol–water partition coefficient (Wildman–Crippen LogP) is 2.55. The average molecular weight is 448 g/mol. The van der Waals surface area contributed by atoms with Crippen LogP contribution in [0, 0.1) is 0 Å². The number of aliphatic imine (C=N–C) groups is 1. The molecule has 2 aliphatic heterocycles. The number of benzene rings is 1. The fourth-order valence-electron chi connectivity index (χ4n) is 3.18. The lowest BCUT2D eigenvalue weighted by atomic mass is 10.0. The summed E-state index contributed by atoms with van der Waals surface area (Å²) in [6.45, 7) is 2.29. The SMILES string of the molecule is O=C(CN1C(=O)CN=C(c2ccc(Br)cc2)c2ccsc21)N1CCOCC1. The summed E-state index contributed by atoms with van der Waals surface area (Å²) in [4.78, 5) is 33.3. The number of halogens is 1. The van der Waals surface area contributed by atoms with E-state index in [2.05, 4.69) is 20.9 Å². The number of ether oxygens (including phenoxy) is 1. The third-order valence-electron chi connectivity index (χ3n) is 4.59. The molecule has 1 aromatic heterocycles. The lowest BCUT2D eigenvalue weighted by Crippen LogP contribution is -2.47. The fourth-order valence-corrected chi connectivity index (χ4v) is 4.37. The molecular weight excluding hydrogens is 430 g/mol. The maximum Gasteiger partial charge on any atom is 0.249 e. The van der Waals surface area contributed by atoms with Crippen molar-refractivity contribution in [2.24, 2.45) is 4.99 Å². The molecule has 0 radical (unpaired) electrons. The van der Waals surface area contributed by atoms with E-state index in [0.29, 0.717) is 26.3 Å². The number of nitrogens with zero attached hydrogens (tertiary/aromatic N) is 3. The minimum Gasteiger partial charge on any atom is -0.378 e. The number of thiophene rings is 1. The summed E-state index contributed by atoms with van der Waals surface area (Å²) in [6.07, 6.45) is 0. The number of amides is 2. The Bertz CT molecular complexity index is 888. The van der Waals surface area contributed by atoms with Gasteiger partial charge in [-0.05, 0) is 23.6 Å². The van der Waals surface area contributed by atoms with Crippen molar-refractivity contribution in [2.45, 2.75) is 0 Å². The van der Waals surface area contributed by atoms with E-state index in [1.165, 1.54) is 11.3 Å². The van der Waals surface area contributed by atoms with Crippen molar-refractivity contribution in [2.75, 3.05) is 44.3 Å². The molecule has 1 saturated heterocycles. The number of hydrogen-bond donors (Lipinski definition) is 0. The van der Waals surface area contributed by atoms with Gasteiger partial charge in [-0.25, -0.2) is 0 Å². The minimum atomic E-state index is -0.160. The monoisotopic (exact) mass is 447 g/mol. The predicted molar refractivity (Wildman–Crippen MR) is 109 cm³/mol. The highest BCUT2D eigenvalue weighted by atomic mass is 79.9. The molecule has 3 heterocycles. The summed E-state index contributed by atoms with van der Waals surface area (Å²) >= 11 is 4.90. The van der Waals surface area contributed by atoms with Gasteiger partial charge in [-0.15, -0.1) is 11.3 Å². The van der Waals surface area contributed by atoms with Crippen molar-refractivity contribution in [1.82, 2.24) is 4.90 Å². The zero-order chi connectivity index (χ0) is 18.8. The molecule has 2 aromatic rings. The van der Waals surface area contributed by atoms with Gasteiger partial charge < -0.3 is 9.64 Å². The molecule has 0 spiro atoms. The van der Waals surface area contributed by atoms with Crippen molar-refractivity contribution < 1.29 is 14.3 Å². The van der Waals surface area contributed by atoms with Crippen LogP contribution in [-0.4, -0.2) is 61.8 Å². The number of fused-ring (bicyclic) bond motifs is 1. The smallest absolute Gasteiger partial charge is 0.249 e. The highest BCUT2D eigenvalue weighted by molar-refractivity contribution is 9.10. The summed E-state index contributed by atoms with van der Waals surface area (Å²) in [5, 5.41) is 2.71. The van der Waals surface area contributed by atoms with E-state index in [0.717, 1.165) is 26.3 Å². The van der Waals surface area contributed by atoms with E-state index in [1.807, 2.05) is 35.7 Å². The molecule has 0 unspecified atom stereocenters. The molecule has 2 aliphatic rings. The molecule has 140 valence electrons. The van der Waals surface area contributed by atoms with Gasteiger partial charge in [0.15, 0.2) is 0 Å². The Balaban J connectivity index is 1.62. The molecule has 1 fully saturated rings. The molecule has 6 nitrogen and oxygen atoms in total. The maximum atomic E-state index is 12.7. The largest absolute Gasteiger partial charge is 0.378 e. The first-order valence-electron chi connectivity index (χ1n) is 8.67. The van der Waals surface area contributed by atoms with Crippen LogP contribution < -0.4 is 4.90 Å². The first kappa shape index (κ1) is 18.3. The molecule has 0 N–H and O–H groups in total. The van der Waals surface area contributed by atoms with Gasteiger partial charge in [-0.1, -0.05) is 28.1 Å². The molecule has 27 heavy (non-hydrogen) atoms. The van der Waals surface area contributed by atoms with Crippen LogP contribution in [0.3, 0.4) is 0 Å². The van der Waals surface area contributed by atoms with Gasteiger partial charge >= 0.3 is 0 Å². The molecule has 0 aliphatic carbocycles. The number of rotatable bonds is 3. The molecular formula is C19H18BrN3O3S. The van der Waals surface area contributed by atoms with Crippen molar-refractivity contribution >= 4 is 49.8 Å². The Morgan fingerprint density at radius 3 is 2.67 bits per heavy atom. The molecule has 2 amide bonds. The summed E-state index contributed by atoms with van der Waals surface area (Å²) in [5.41, 5.74) is 2.63. The Morgan fingerprint density at radius 1 is 1.19 bits per heavy atom. The van der Waals surface area contributed by atoms with Crippen LogP contribution in [-0.2, 0) is 14.3 Å². The topological polar surface area (TPSA) is 62.2 Å². The summed E-state index contributed by atoms with van der Waals surface area (Å²) < 4.78 is 6.29. The van der Waals surface area contributed by atoms with Crippen LogP contribution in [0.1, 0.15) is 11.1 Å². The third kappa shape index (κ3) is 3.83. The summed E-state index contributed by atoms with van der Waals surface area (Å²) in [6, 6.07) is 9.82. The second kappa shape index (κ2) is 7.92. The zero-order valence-electron chi connectivity index (χ0n) is 14.6.